The predicted molar refractivity (Wildman–Crippen MR) is 55.3 cm³/mol. The van der Waals surface area contributed by atoms with Gasteiger partial charge in [0.1, 0.15) is 0 Å². The van der Waals surface area contributed by atoms with Crippen LogP contribution in [0, 0.1) is 0 Å². The monoisotopic (exact) mass is 236 g/mol. The Morgan fingerprint density at radius 2 is 2.00 bits per heavy atom. The maximum Gasteiger partial charge on any atom is 0.366 e. The van der Waals surface area contributed by atoms with Crippen LogP contribution in [0.15, 0.2) is 12.7 Å². The molecule has 0 aliphatic carbocycles. The van der Waals surface area contributed by atoms with Crippen LogP contribution in [0.2, 0.25) is 0 Å². The van der Waals surface area contributed by atoms with Crippen molar-refractivity contribution >= 4 is 16.1 Å². The van der Waals surface area contributed by atoms with E-state index >= 15 is 0 Å². The first-order valence-corrected chi connectivity index (χ1v) is 6.34. The highest BCUT2D eigenvalue weighted by molar-refractivity contribution is 7.86. The van der Waals surface area contributed by atoms with E-state index in [1.54, 1.807) is 0 Å². The van der Waals surface area contributed by atoms with Gasteiger partial charge in [-0.05, 0) is 6.42 Å². The summed E-state index contributed by atoms with van der Waals surface area (Å²) >= 11 is 0. The van der Waals surface area contributed by atoms with Gasteiger partial charge in [-0.1, -0.05) is 37.1 Å². The molecule has 0 rings (SSSR count). The van der Waals surface area contributed by atoms with E-state index in [4.69, 9.17) is 0 Å². The van der Waals surface area contributed by atoms with E-state index in [2.05, 4.69) is 15.8 Å². The Bertz CT molecular complexity index is 294. The zero-order chi connectivity index (χ0) is 11.7. The fraction of sp³-hybridized carbons (Fsp3) is 0.667. The van der Waals surface area contributed by atoms with E-state index in [1.807, 2.05) is 6.92 Å². The second-order valence-corrected chi connectivity index (χ2v) is 4.66. The van der Waals surface area contributed by atoms with Crippen molar-refractivity contribution in [1.29, 1.82) is 0 Å². The van der Waals surface area contributed by atoms with Crippen molar-refractivity contribution in [2.45, 2.75) is 32.6 Å². The molecule has 0 aromatic heterocycles. The van der Waals surface area contributed by atoms with E-state index in [0.29, 0.717) is 6.42 Å². The molecule has 0 aromatic carbocycles. The lowest BCUT2D eigenvalue weighted by molar-refractivity contribution is -0.204. The fourth-order valence-electron chi connectivity index (χ4n) is 0.859. The standard InChI is InChI=1S/C9H16O5S/c1-3-5-6-7-8-15(11,12)14-13-9(10)4-2/h4H,2-3,5-8H2,1H3. The van der Waals surface area contributed by atoms with Crippen molar-refractivity contribution in [2.24, 2.45) is 0 Å². The third kappa shape index (κ3) is 8.14. The van der Waals surface area contributed by atoms with Crippen LogP contribution in [-0.4, -0.2) is 20.1 Å². The molecule has 6 heteroatoms. The van der Waals surface area contributed by atoms with Crippen LogP contribution in [0.5, 0.6) is 0 Å². The Hall–Kier alpha value is -0.880. The van der Waals surface area contributed by atoms with Crippen molar-refractivity contribution in [3.05, 3.63) is 12.7 Å². The van der Waals surface area contributed by atoms with Gasteiger partial charge in [-0.2, -0.15) is 8.42 Å². The second-order valence-electron chi connectivity index (χ2n) is 3.00. The second kappa shape index (κ2) is 7.42. The molecule has 0 aliphatic heterocycles. The highest BCUT2D eigenvalue weighted by atomic mass is 32.2. The zero-order valence-corrected chi connectivity index (χ0v) is 9.59. The van der Waals surface area contributed by atoms with Gasteiger partial charge in [-0.25, -0.2) is 4.79 Å². The minimum absolute atomic E-state index is 0.141. The summed E-state index contributed by atoms with van der Waals surface area (Å²) in [7, 11) is -3.76. The number of carbonyl (C=O) groups excluding carboxylic acids is 1. The van der Waals surface area contributed by atoms with Gasteiger partial charge in [0.2, 0.25) is 0 Å². The molecule has 0 aliphatic rings. The fourth-order valence-corrected chi connectivity index (χ4v) is 1.66. The summed E-state index contributed by atoms with van der Waals surface area (Å²) in [6, 6.07) is 0. The summed E-state index contributed by atoms with van der Waals surface area (Å²) in [5.74, 6) is -1.07. The lowest BCUT2D eigenvalue weighted by Gasteiger charge is -2.02. The highest BCUT2D eigenvalue weighted by Gasteiger charge is 2.13. The minimum Gasteiger partial charge on any atom is -0.277 e. The Balaban J connectivity index is 3.77. The molecule has 0 atom stereocenters. The summed E-state index contributed by atoms with van der Waals surface area (Å²) in [5.41, 5.74) is 0. The summed E-state index contributed by atoms with van der Waals surface area (Å²) in [5, 5.41) is 0. The molecule has 0 bridgehead atoms. The van der Waals surface area contributed by atoms with Crippen molar-refractivity contribution in [3.8, 4) is 0 Å². The van der Waals surface area contributed by atoms with Gasteiger partial charge in [-0.3, -0.25) is 4.89 Å². The predicted octanol–water partition coefficient (Wildman–Crippen LogP) is 1.56. The van der Waals surface area contributed by atoms with Crippen LogP contribution in [-0.2, 0) is 24.1 Å². The number of hydrogen-bond donors (Lipinski definition) is 0. The van der Waals surface area contributed by atoms with Gasteiger partial charge < -0.3 is 0 Å². The smallest absolute Gasteiger partial charge is 0.277 e. The highest BCUT2D eigenvalue weighted by Crippen LogP contribution is 2.04. The molecule has 0 spiro atoms. The van der Waals surface area contributed by atoms with E-state index in [9.17, 15) is 13.2 Å². The Morgan fingerprint density at radius 3 is 2.53 bits per heavy atom. The van der Waals surface area contributed by atoms with Crippen molar-refractivity contribution in [2.75, 3.05) is 5.75 Å². The van der Waals surface area contributed by atoms with Gasteiger partial charge >= 0.3 is 16.1 Å². The average Bonchev–Trinajstić information content (AvgIpc) is 2.21. The average molecular weight is 236 g/mol. The third-order valence-corrected chi connectivity index (χ3v) is 2.70. The van der Waals surface area contributed by atoms with Crippen molar-refractivity contribution < 1.29 is 22.4 Å². The molecular formula is C9H16O5S. The topological polar surface area (TPSA) is 69.7 Å². The van der Waals surface area contributed by atoms with Gasteiger partial charge in [0.25, 0.3) is 0 Å². The molecule has 88 valence electrons. The zero-order valence-electron chi connectivity index (χ0n) is 8.77. The van der Waals surface area contributed by atoms with Gasteiger partial charge in [-0.15, -0.1) is 0 Å². The molecule has 0 heterocycles. The van der Waals surface area contributed by atoms with E-state index in [1.165, 1.54) is 0 Å². The molecule has 15 heavy (non-hydrogen) atoms. The molecule has 0 radical (unpaired) electrons. The van der Waals surface area contributed by atoms with Crippen LogP contribution in [0.3, 0.4) is 0 Å². The summed E-state index contributed by atoms with van der Waals surface area (Å²) in [6.07, 6.45) is 4.14. The first-order valence-electron chi connectivity index (χ1n) is 4.77. The lowest BCUT2D eigenvalue weighted by atomic mass is 10.2. The maximum atomic E-state index is 11.1. The molecule has 0 aromatic rings. The summed E-state index contributed by atoms with van der Waals surface area (Å²) < 4.78 is 26.2. The van der Waals surface area contributed by atoms with Crippen LogP contribution in [0.25, 0.3) is 0 Å². The van der Waals surface area contributed by atoms with Crippen molar-refractivity contribution in [3.63, 3.8) is 0 Å². The summed E-state index contributed by atoms with van der Waals surface area (Å²) in [6.45, 7) is 5.12. The van der Waals surface area contributed by atoms with E-state index in [-0.39, 0.29) is 5.75 Å². The molecule has 5 nitrogen and oxygen atoms in total. The van der Waals surface area contributed by atoms with Gasteiger partial charge in [0, 0.05) is 6.08 Å². The van der Waals surface area contributed by atoms with E-state index in [0.717, 1.165) is 25.3 Å². The first-order chi connectivity index (χ1) is 7.02. The first kappa shape index (κ1) is 14.1. The van der Waals surface area contributed by atoms with E-state index < -0.39 is 16.1 Å². The number of hydrogen-bond acceptors (Lipinski definition) is 5. The molecule has 0 unspecified atom stereocenters. The largest absolute Gasteiger partial charge is 0.366 e. The SMILES string of the molecule is C=CC(=O)OOS(=O)(=O)CCCCCC. The van der Waals surface area contributed by atoms with Gasteiger partial charge in [0.05, 0.1) is 5.75 Å². The summed E-state index contributed by atoms with van der Waals surface area (Å²) in [4.78, 5) is 14.5. The normalized spacial score (nSPS) is 11.0. The molecule has 0 amide bonds. The Labute approximate surface area is 90.1 Å². The molecule has 0 saturated carbocycles. The molecular weight excluding hydrogens is 220 g/mol. The Morgan fingerprint density at radius 1 is 1.33 bits per heavy atom. The number of unbranched alkanes of at least 4 members (excludes halogenated alkanes) is 3. The van der Waals surface area contributed by atoms with Crippen LogP contribution in [0.4, 0.5) is 0 Å². The van der Waals surface area contributed by atoms with Crippen LogP contribution < -0.4 is 0 Å². The maximum absolute atomic E-state index is 11.1. The number of carbonyl (C=O) groups is 1. The van der Waals surface area contributed by atoms with Crippen molar-refractivity contribution in [1.82, 2.24) is 0 Å². The van der Waals surface area contributed by atoms with Crippen LogP contribution >= 0.6 is 0 Å². The minimum atomic E-state index is -3.76. The third-order valence-electron chi connectivity index (χ3n) is 1.63. The lowest BCUT2D eigenvalue weighted by Crippen LogP contribution is -2.13. The van der Waals surface area contributed by atoms with Gasteiger partial charge in [0.15, 0.2) is 0 Å². The number of rotatable bonds is 8. The quantitative estimate of drug-likeness (QED) is 0.277. The molecule has 0 saturated heterocycles. The molecule has 0 fully saturated rings. The van der Waals surface area contributed by atoms with Crippen LogP contribution in [0.1, 0.15) is 32.6 Å². The molecule has 0 N–H and O–H groups in total. The Kier molecular flexibility index (Phi) is 6.98.